The summed E-state index contributed by atoms with van der Waals surface area (Å²) in [6.45, 7) is 2.09. The molecule has 0 N–H and O–H groups in total. The Morgan fingerprint density at radius 1 is 1.60 bits per heavy atom. The average Bonchev–Trinajstić information content (AvgIpc) is 2.27. The van der Waals surface area contributed by atoms with E-state index < -0.39 is 0 Å². The predicted molar refractivity (Wildman–Crippen MR) is 54.1 cm³/mol. The Labute approximate surface area is 91.5 Å². The third-order valence-corrected chi connectivity index (χ3v) is 2.35. The molecule has 1 aromatic heterocycles. The fraction of sp³-hybridized carbons (Fsp3) is 0.333. The highest BCUT2D eigenvalue weighted by molar-refractivity contribution is 7.99. The summed E-state index contributed by atoms with van der Waals surface area (Å²) in [6, 6.07) is 1.90. The van der Waals surface area contributed by atoms with Crippen LogP contribution >= 0.6 is 11.8 Å². The molecule has 0 amide bonds. The molecule has 0 aliphatic carbocycles. The predicted octanol–water partition coefficient (Wildman–Crippen LogP) is 1.00. The Balaban J connectivity index is 2.58. The van der Waals surface area contributed by atoms with Gasteiger partial charge < -0.3 is 4.74 Å². The van der Waals surface area contributed by atoms with E-state index in [1.165, 1.54) is 12.4 Å². The first-order valence-electron chi connectivity index (χ1n) is 4.27. The van der Waals surface area contributed by atoms with Gasteiger partial charge in [-0.25, -0.2) is 9.97 Å². The number of hydrogen-bond acceptors (Lipinski definition) is 6. The van der Waals surface area contributed by atoms with Gasteiger partial charge >= 0.3 is 5.97 Å². The zero-order valence-corrected chi connectivity index (χ0v) is 8.95. The number of nitriles is 1. The quantitative estimate of drug-likeness (QED) is 0.560. The van der Waals surface area contributed by atoms with E-state index in [1.54, 1.807) is 6.92 Å². The van der Waals surface area contributed by atoms with Crippen LogP contribution in [0.1, 0.15) is 12.6 Å². The van der Waals surface area contributed by atoms with Gasteiger partial charge in [-0.1, -0.05) is 11.8 Å². The second-order valence-corrected chi connectivity index (χ2v) is 3.38. The van der Waals surface area contributed by atoms with Crippen molar-refractivity contribution in [2.24, 2.45) is 0 Å². The van der Waals surface area contributed by atoms with Crippen molar-refractivity contribution in [2.75, 3.05) is 12.4 Å². The Morgan fingerprint density at radius 3 is 3.00 bits per heavy atom. The van der Waals surface area contributed by atoms with Crippen LogP contribution in [-0.4, -0.2) is 28.3 Å². The number of hydrogen-bond donors (Lipinski definition) is 0. The summed E-state index contributed by atoms with van der Waals surface area (Å²) in [5, 5.41) is 9.16. The molecule has 0 atom stereocenters. The van der Waals surface area contributed by atoms with Crippen LogP contribution in [-0.2, 0) is 9.53 Å². The number of nitrogens with zero attached hydrogens (tertiary/aromatic N) is 3. The van der Waals surface area contributed by atoms with Gasteiger partial charge in [-0.15, -0.1) is 0 Å². The lowest BCUT2D eigenvalue weighted by Crippen LogP contribution is -2.07. The molecule has 0 saturated heterocycles. The minimum atomic E-state index is -0.322. The Bertz CT molecular complexity index is 389. The summed E-state index contributed by atoms with van der Waals surface area (Å²) in [5.41, 5.74) is 0.229. The molecule has 0 unspecified atom stereocenters. The summed E-state index contributed by atoms with van der Waals surface area (Å²) in [4.78, 5) is 18.8. The van der Waals surface area contributed by atoms with E-state index in [4.69, 9.17) is 10.00 Å². The summed E-state index contributed by atoms with van der Waals surface area (Å²) >= 11 is 1.15. The fourth-order valence-electron chi connectivity index (χ4n) is 0.838. The lowest BCUT2D eigenvalue weighted by atomic mass is 10.5. The molecular formula is C9H9N3O2S. The fourth-order valence-corrected chi connectivity index (χ4v) is 1.55. The summed E-state index contributed by atoms with van der Waals surface area (Å²) in [5.74, 6) is -0.182. The molecule has 5 nitrogen and oxygen atoms in total. The number of aromatic nitrogens is 2. The van der Waals surface area contributed by atoms with E-state index in [2.05, 4.69) is 9.97 Å². The van der Waals surface area contributed by atoms with Crippen molar-refractivity contribution in [1.29, 1.82) is 5.26 Å². The van der Waals surface area contributed by atoms with Crippen LogP contribution in [0.4, 0.5) is 0 Å². The van der Waals surface area contributed by atoms with Crippen molar-refractivity contribution in [2.45, 2.75) is 11.9 Å². The van der Waals surface area contributed by atoms with Crippen molar-refractivity contribution in [3.63, 3.8) is 0 Å². The number of ether oxygens (including phenoxy) is 1. The maximum absolute atomic E-state index is 11.0. The molecule has 0 aromatic carbocycles. The van der Waals surface area contributed by atoms with E-state index in [1.807, 2.05) is 6.07 Å². The number of esters is 1. The van der Waals surface area contributed by atoms with Crippen molar-refractivity contribution >= 4 is 17.7 Å². The molecule has 15 heavy (non-hydrogen) atoms. The third kappa shape index (κ3) is 3.56. The minimum Gasteiger partial charge on any atom is -0.465 e. The molecule has 1 heterocycles. The van der Waals surface area contributed by atoms with E-state index in [0.717, 1.165) is 11.8 Å². The van der Waals surface area contributed by atoms with Gasteiger partial charge in [-0.05, 0) is 6.92 Å². The highest BCUT2D eigenvalue weighted by Gasteiger charge is 2.08. The van der Waals surface area contributed by atoms with Gasteiger partial charge in [0, 0.05) is 12.4 Å². The Morgan fingerprint density at radius 2 is 2.33 bits per heavy atom. The number of thioether (sulfide) groups is 1. The molecule has 78 valence electrons. The van der Waals surface area contributed by atoms with Gasteiger partial charge in [0.1, 0.15) is 11.1 Å². The normalized spacial score (nSPS) is 9.33. The summed E-state index contributed by atoms with van der Waals surface area (Å²) < 4.78 is 4.75. The largest absolute Gasteiger partial charge is 0.465 e. The summed E-state index contributed by atoms with van der Waals surface area (Å²) in [6.07, 6.45) is 2.92. The monoisotopic (exact) mass is 223 g/mol. The molecule has 0 saturated carbocycles. The molecule has 0 radical (unpaired) electrons. The molecule has 0 bridgehead atoms. The molecule has 0 aliphatic heterocycles. The molecule has 0 aliphatic rings. The molecule has 1 rings (SSSR count). The van der Waals surface area contributed by atoms with Crippen molar-refractivity contribution in [1.82, 2.24) is 9.97 Å². The maximum Gasteiger partial charge on any atom is 0.316 e. The Kier molecular flexibility index (Phi) is 4.57. The van der Waals surface area contributed by atoms with E-state index in [0.29, 0.717) is 11.6 Å². The van der Waals surface area contributed by atoms with E-state index in [-0.39, 0.29) is 17.4 Å². The van der Waals surface area contributed by atoms with E-state index >= 15 is 0 Å². The molecule has 1 aromatic rings. The van der Waals surface area contributed by atoms with Gasteiger partial charge in [0.25, 0.3) is 0 Å². The first-order valence-corrected chi connectivity index (χ1v) is 5.26. The standard InChI is InChI=1S/C9H9N3O2S/c1-2-14-8(13)6-15-9-7(5-10)11-3-4-12-9/h3-4H,2,6H2,1H3. The van der Waals surface area contributed by atoms with Gasteiger partial charge in [0.05, 0.1) is 12.4 Å². The van der Waals surface area contributed by atoms with Crippen LogP contribution in [0.3, 0.4) is 0 Å². The lowest BCUT2D eigenvalue weighted by Gasteiger charge is -2.01. The Hall–Kier alpha value is -1.61. The van der Waals surface area contributed by atoms with Crippen molar-refractivity contribution < 1.29 is 9.53 Å². The zero-order valence-electron chi connectivity index (χ0n) is 8.14. The van der Waals surface area contributed by atoms with Gasteiger partial charge in [-0.2, -0.15) is 5.26 Å². The topological polar surface area (TPSA) is 75.9 Å². The minimum absolute atomic E-state index is 0.140. The van der Waals surface area contributed by atoms with Gasteiger partial charge in [0.15, 0.2) is 5.69 Å². The molecular weight excluding hydrogens is 214 g/mol. The summed E-state index contributed by atoms with van der Waals surface area (Å²) in [7, 11) is 0. The molecule has 0 fully saturated rings. The van der Waals surface area contributed by atoms with Crippen LogP contribution in [0.2, 0.25) is 0 Å². The smallest absolute Gasteiger partial charge is 0.316 e. The second kappa shape index (κ2) is 5.98. The van der Waals surface area contributed by atoms with Crippen LogP contribution in [0, 0.1) is 11.3 Å². The molecule has 6 heteroatoms. The first-order chi connectivity index (χ1) is 7.27. The number of rotatable bonds is 4. The van der Waals surface area contributed by atoms with Gasteiger partial charge in [-0.3, -0.25) is 4.79 Å². The van der Waals surface area contributed by atoms with E-state index in [9.17, 15) is 4.79 Å². The second-order valence-electron chi connectivity index (χ2n) is 2.42. The van der Waals surface area contributed by atoms with Crippen molar-refractivity contribution in [3.05, 3.63) is 18.1 Å². The SMILES string of the molecule is CCOC(=O)CSc1nccnc1C#N. The highest BCUT2D eigenvalue weighted by atomic mass is 32.2. The van der Waals surface area contributed by atoms with Crippen molar-refractivity contribution in [3.8, 4) is 6.07 Å². The van der Waals surface area contributed by atoms with Crippen LogP contribution in [0.25, 0.3) is 0 Å². The number of carbonyl (C=O) groups is 1. The lowest BCUT2D eigenvalue weighted by molar-refractivity contribution is -0.139. The van der Waals surface area contributed by atoms with Crippen LogP contribution < -0.4 is 0 Å². The number of carbonyl (C=O) groups excluding carboxylic acids is 1. The highest BCUT2D eigenvalue weighted by Crippen LogP contribution is 2.17. The molecule has 0 spiro atoms. The van der Waals surface area contributed by atoms with Crippen LogP contribution in [0.5, 0.6) is 0 Å². The van der Waals surface area contributed by atoms with Crippen LogP contribution in [0.15, 0.2) is 17.4 Å². The van der Waals surface area contributed by atoms with Gasteiger partial charge in [0.2, 0.25) is 0 Å². The maximum atomic E-state index is 11.0. The first kappa shape index (κ1) is 11.5. The zero-order chi connectivity index (χ0) is 11.1. The average molecular weight is 223 g/mol. The third-order valence-electron chi connectivity index (χ3n) is 1.40.